The Kier molecular flexibility index (Phi) is 5.12. The largest absolute Gasteiger partial charge is 0.416 e. The first-order chi connectivity index (χ1) is 14.3. The SMILES string of the molecule is CC(NC(=O)c1cc2nc[nH]c2cn1)c1cnc(Nc2ccc(C(F)(F)F)cc2)s1. The predicted octanol–water partition coefficient (Wildman–Crippen LogP) is 4.67. The van der Waals surface area contributed by atoms with Gasteiger partial charge in [-0.1, -0.05) is 11.3 Å². The van der Waals surface area contributed by atoms with Crippen molar-refractivity contribution in [2.75, 3.05) is 5.32 Å². The zero-order chi connectivity index (χ0) is 21.3. The van der Waals surface area contributed by atoms with Gasteiger partial charge in [-0.15, -0.1) is 0 Å². The number of fused-ring (bicyclic) bond motifs is 1. The lowest BCUT2D eigenvalue weighted by Crippen LogP contribution is -2.26. The summed E-state index contributed by atoms with van der Waals surface area (Å²) >= 11 is 1.29. The Bertz CT molecular complexity index is 1180. The van der Waals surface area contributed by atoms with Gasteiger partial charge in [-0.3, -0.25) is 4.79 Å². The fourth-order valence-corrected chi connectivity index (χ4v) is 3.55. The van der Waals surface area contributed by atoms with E-state index in [1.807, 2.05) is 0 Å². The molecule has 0 aliphatic carbocycles. The first-order valence-corrected chi connectivity index (χ1v) is 9.61. The van der Waals surface area contributed by atoms with Gasteiger partial charge in [-0.05, 0) is 37.3 Å². The summed E-state index contributed by atoms with van der Waals surface area (Å²) in [5, 5.41) is 6.31. The van der Waals surface area contributed by atoms with Crippen molar-refractivity contribution in [1.29, 1.82) is 0 Å². The molecular weight excluding hydrogens is 417 g/mol. The number of alkyl halides is 3. The lowest BCUT2D eigenvalue weighted by molar-refractivity contribution is -0.137. The van der Waals surface area contributed by atoms with Crippen molar-refractivity contribution in [2.45, 2.75) is 19.1 Å². The minimum Gasteiger partial charge on any atom is -0.343 e. The average Bonchev–Trinajstić information content (AvgIpc) is 3.36. The molecule has 1 atom stereocenters. The van der Waals surface area contributed by atoms with Crippen LogP contribution < -0.4 is 10.6 Å². The molecule has 11 heteroatoms. The molecule has 3 aromatic heterocycles. The number of halogens is 3. The van der Waals surface area contributed by atoms with Crippen LogP contribution in [0.2, 0.25) is 0 Å². The minimum absolute atomic E-state index is 0.245. The minimum atomic E-state index is -4.38. The molecule has 154 valence electrons. The highest BCUT2D eigenvalue weighted by Crippen LogP contribution is 2.31. The maximum Gasteiger partial charge on any atom is 0.416 e. The van der Waals surface area contributed by atoms with Crippen molar-refractivity contribution in [3.8, 4) is 0 Å². The molecule has 7 nitrogen and oxygen atoms in total. The molecule has 3 N–H and O–H groups in total. The number of pyridine rings is 1. The molecule has 0 bridgehead atoms. The zero-order valence-electron chi connectivity index (χ0n) is 15.5. The van der Waals surface area contributed by atoms with E-state index in [1.165, 1.54) is 29.8 Å². The van der Waals surface area contributed by atoms with Crippen LogP contribution in [-0.2, 0) is 6.18 Å². The van der Waals surface area contributed by atoms with Crippen LogP contribution >= 0.6 is 11.3 Å². The number of aromatic amines is 1. The van der Waals surface area contributed by atoms with Crippen molar-refractivity contribution < 1.29 is 18.0 Å². The molecule has 30 heavy (non-hydrogen) atoms. The number of hydrogen-bond donors (Lipinski definition) is 3. The molecule has 0 aliphatic rings. The second kappa shape index (κ2) is 7.75. The average molecular weight is 432 g/mol. The number of carbonyl (C=O) groups is 1. The van der Waals surface area contributed by atoms with E-state index in [0.29, 0.717) is 16.3 Å². The molecule has 0 spiro atoms. The Morgan fingerprint density at radius 3 is 2.63 bits per heavy atom. The van der Waals surface area contributed by atoms with Gasteiger partial charge in [0.05, 0.1) is 35.2 Å². The number of benzene rings is 1. The van der Waals surface area contributed by atoms with Crippen molar-refractivity contribution in [3.63, 3.8) is 0 Å². The third-order valence-electron chi connectivity index (χ3n) is 4.30. The van der Waals surface area contributed by atoms with Crippen molar-refractivity contribution in [3.05, 3.63) is 65.2 Å². The summed E-state index contributed by atoms with van der Waals surface area (Å²) in [6, 6.07) is 5.94. The maximum atomic E-state index is 12.7. The maximum absolute atomic E-state index is 12.7. The summed E-state index contributed by atoms with van der Waals surface area (Å²) in [5.41, 5.74) is 1.39. The molecule has 3 heterocycles. The quantitative estimate of drug-likeness (QED) is 0.426. The van der Waals surface area contributed by atoms with Gasteiger partial charge >= 0.3 is 6.18 Å². The first kappa shape index (κ1) is 19.8. The van der Waals surface area contributed by atoms with Crippen LogP contribution in [0.15, 0.2) is 49.1 Å². The molecule has 0 saturated carbocycles. The summed E-state index contributed by atoms with van der Waals surface area (Å²) < 4.78 is 38.0. The second-order valence-electron chi connectivity index (χ2n) is 6.45. The number of imidazole rings is 1. The summed E-state index contributed by atoms with van der Waals surface area (Å²) in [6.07, 6.45) is 0.295. The van der Waals surface area contributed by atoms with Gasteiger partial charge < -0.3 is 15.6 Å². The van der Waals surface area contributed by atoms with Gasteiger partial charge in [0.25, 0.3) is 5.91 Å². The zero-order valence-corrected chi connectivity index (χ0v) is 16.3. The van der Waals surface area contributed by atoms with Crippen LogP contribution in [0.3, 0.4) is 0 Å². The Morgan fingerprint density at radius 2 is 1.90 bits per heavy atom. The Balaban J connectivity index is 1.40. The summed E-state index contributed by atoms with van der Waals surface area (Å²) in [7, 11) is 0. The number of H-pyrrole nitrogens is 1. The molecule has 4 rings (SSSR count). The van der Waals surface area contributed by atoms with Crippen LogP contribution in [0.25, 0.3) is 11.0 Å². The monoisotopic (exact) mass is 432 g/mol. The number of nitrogens with one attached hydrogen (secondary N) is 3. The third kappa shape index (κ3) is 4.25. The summed E-state index contributed by atoms with van der Waals surface area (Å²) in [5.74, 6) is -0.349. The topological polar surface area (TPSA) is 95.6 Å². The highest BCUT2D eigenvalue weighted by molar-refractivity contribution is 7.15. The fourth-order valence-electron chi connectivity index (χ4n) is 2.71. The van der Waals surface area contributed by atoms with E-state index >= 15 is 0 Å². The number of hydrogen-bond acceptors (Lipinski definition) is 6. The van der Waals surface area contributed by atoms with Gasteiger partial charge in [0.15, 0.2) is 5.13 Å². The molecular formula is C19H15F3N6OS. The normalized spacial score (nSPS) is 12.7. The summed E-state index contributed by atoms with van der Waals surface area (Å²) in [4.78, 5) is 28.6. The number of anilines is 2. The van der Waals surface area contributed by atoms with Crippen molar-refractivity contribution >= 4 is 39.1 Å². The van der Waals surface area contributed by atoms with Crippen LogP contribution in [0.4, 0.5) is 24.0 Å². The molecule has 0 radical (unpaired) electrons. The third-order valence-corrected chi connectivity index (χ3v) is 5.40. The standard InChI is InChI=1S/C19H15F3N6OS/c1-10(27-17(29)14-6-13-15(7-23-14)26-9-25-13)16-8-24-18(30-16)28-12-4-2-11(3-5-12)19(20,21)22/h2-10H,1H3,(H,24,28)(H,25,26)(H,27,29). The Hall–Kier alpha value is -3.47. The van der Waals surface area contributed by atoms with Gasteiger partial charge in [0.1, 0.15) is 5.69 Å². The van der Waals surface area contributed by atoms with Crippen molar-refractivity contribution in [2.24, 2.45) is 0 Å². The van der Waals surface area contributed by atoms with E-state index in [0.717, 1.165) is 22.5 Å². The number of amides is 1. The van der Waals surface area contributed by atoms with Gasteiger partial charge in [-0.25, -0.2) is 15.0 Å². The molecule has 0 aliphatic heterocycles. The van der Waals surface area contributed by atoms with Crippen molar-refractivity contribution in [1.82, 2.24) is 25.3 Å². The van der Waals surface area contributed by atoms with Crippen LogP contribution in [-0.4, -0.2) is 25.8 Å². The molecule has 4 aromatic rings. The number of carbonyl (C=O) groups excluding carboxylic acids is 1. The Morgan fingerprint density at radius 1 is 1.13 bits per heavy atom. The number of rotatable bonds is 5. The molecule has 1 unspecified atom stereocenters. The lowest BCUT2D eigenvalue weighted by Gasteiger charge is -2.11. The van der Waals surface area contributed by atoms with Gasteiger partial charge in [-0.2, -0.15) is 13.2 Å². The van der Waals surface area contributed by atoms with E-state index in [4.69, 9.17) is 0 Å². The van der Waals surface area contributed by atoms with Crippen LogP contribution in [0, 0.1) is 0 Å². The summed E-state index contributed by atoms with van der Waals surface area (Å²) in [6.45, 7) is 1.81. The Labute approximate surface area is 172 Å². The molecule has 1 amide bonds. The molecule has 1 aromatic carbocycles. The van der Waals surface area contributed by atoms with Gasteiger partial charge in [0, 0.05) is 16.8 Å². The smallest absolute Gasteiger partial charge is 0.343 e. The van der Waals surface area contributed by atoms with E-state index < -0.39 is 11.7 Å². The van der Waals surface area contributed by atoms with Crippen LogP contribution in [0.1, 0.15) is 33.9 Å². The number of thiazole rings is 1. The fraction of sp³-hybridized carbons (Fsp3) is 0.158. The van der Waals surface area contributed by atoms with E-state index in [1.54, 1.807) is 25.4 Å². The second-order valence-corrected chi connectivity index (χ2v) is 7.51. The first-order valence-electron chi connectivity index (χ1n) is 8.79. The molecule has 0 fully saturated rings. The van der Waals surface area contributed by atoms with E-state index in [9.17, 15) is 18.0 Å². The number of aromatic nitrogens is 4. The predicted molar refractivity (Wildman–Crippen MR) is 107 cm³/mol. The molecule has 0 saturated heterocycles. The lowest BCUT2D eigenvalue weighted by atomic mass is 10.2. The van der Waals surface area contributed by atoms with E-state index in [-0.39, 0.29) is 17.6 Å². The number of nitrogens with zero attached hydrogens (tertiary/aromatic N) is 3. The van der Waals surface area contributed by atoms with Crippen LogP contribution in [0.5, 0.6) is 0 Å². The highest BCUT2D eigenvalue weighted by Gasteiger charge is 2.30. The van der Waals surface area contributed by atoms with Gasteiger partial charge in [0.2, 0.25) is 0 Å². The van der Waals surface area contributed by atoms with E-state index in [2.05, 4.69) is 30.6 Å². The highest BCUT2D eigenvalue weighted by atomic mass is 32.1.